The fourth-order valence-corrected chi connectivity index (χ4v) is 5.01. The fraction of sp³-hybridized carbons (Fsp3) is 0.172. The Morgan fingerprint density at radius 3 is 1.87 bits per heavy atom. The number of aryl methyl sites for hydroxylation is 2. The first-order chi connectivity index (χ1) is 15.1. The lowest BCUT2D eigenvalue weighted by Gasteiger charge is -2.33. The second-order valence-corrected chi connectivity index (χ2v) is 8.41. The molecule has 1 unspecified atom stereocenters. The molecule has 5 rings (SSSR count). The van der Waals surface area contributed by atoms with Crippen molar-refractivity contribution in [1.82, 2.24) is 0 Å². The highest BCUT2D eigenvalue weighted by atomic mass is 15.4. The molecule has 0 radical (unpaired) electrons. The molecule has 1 atom stereocenters. The summed E-state index contributed by atoms with van der Waals surface area (Å²) in [5.74, 6) is 0. The van der Waals surface area contributed by atoms with E-state index in [-0.39, 0.29) is 6.17 Å². The summed E-state index contributed by atoms with van der Waals surface area (Å²) in [6.45, 7) is 8.99. The first kappa shape index (κ1) is 19.4. The molecule has 31 heavy (non-hydrogen) atoms. The van der Waals surface area contributed by atoms with Gasteiger partial charge in [-0.1, -0.05) is 66.7 Å². The average Bonchev–Trinajstić information content (AvgIpc) is 3.07. The Kier molecular flexibility index (Phi) is 4.78. The van der Waals surface area contributed by atoms with E-state index >= 15 is 0 Å². The summed E-state index contributed by atoms with van der Waals surface area (Å²) in [5.41, 5.74) is 11.6. The van der Waals surface area contributed by atoms with Crippen LogP contribution < -0.4 is 9.80 Å². The zero-order valence-electron chi connectivity index (χ0n) is 18.6. The smallest absolute Gasteiger partial charge is 0.108 e. The van der Waals surface area contributed by atoms with Gasteiger partial charge in [-0.05, 0) is 79.8 Å². The third-order valence-electron chi connectivity index (χ3n) is 6.49. The third-order valence-corrected chi connectivity index (χ3v) is 6.49. The average molecular weight is 405 g/mol. The van der Waals surface area contributed by atoms with Gasteiger partial charge in [0.2, 0.25) is 0 Å². The molecule has 154 valence electrons. The van der Waals surface area contributed by atoms with Gasteiger partial charge in [0.15, 0.2) is 0 Å². The van der Waals surface area contributed by atoms with Gasteiger partial charge in [-0.2, -0.15) is 0 Å². The van der Waals surface area contributed by atoms with Crippen molar-refractivity contribution in [2.45, 2.75) is 33.9 Å². The molecule has 1 aliphatic heterocycles. The van der Waals surface area contributed by atoms with Crippen LogP contribution in [-0.2, 0) is 0 Å². The van der Waals surface area contributed by atoms with Crippen molar-refractivity contribution >= 4 is 22.7 Å². The van der Waals surface area contributed by atoms with Crippen LogP contribution in [0.4, 0.5) is 22.7 Å². The molecule has 0 saturated carbocycles. The monoisotopic (exact) mass is 404 g/mol. The fourth-order valence-electron chi connectivity index (χ4n) is 5.01. The number of nitrogens with zero attached hydrogens (tertiary/aromatic N) is 2. The molecule has 0 amide bonds. The van der Waals surface area contributed by atoms with Crippen molar-refractivity contribution in [3.8, 4) is 11.1 Å². The SMILES string of the molecule is Cc1ccccc1-c1ccc(C)c(N2c3ccccc3N(c3ccccc3)C2C)c1C. The van der Waals surface area contributed by atoms with Gasteiger partial charge >= 0.3 is 0 Å². The van der Waals surface area contributed by atoms with Gasteiger partial charge in [-0.3, -0.25) is 0 Å². The maximum atomic E-state index is 2.51. The van der Waals surface area contributed by atoms with Crippen LogP contribution in [0.15, 0.2) is 91.0 Å². The number of hydrogen-bond acceptors (Lipinski definition) is 2. The van der Waals surface area contributed by atoms with E-state index in [9.17, 15) is 0 Å². The Bertz CT molecular complexity index is 1240. The Labute approximate surface area is 185 Å². The molecule has 0 spiro atoms. The molecule has 0 aliphatic carbocycles. The lowest BCUT2D eigenvalue weighted by molar-refractivity contribution is 0.758. The maximum Gasteiger partial charge on any atom is 0.108 e. The normalized spacial score (nSPS) is 15.3. The van der Waals surface area contributed by atoms with Gasteiger partial charge in [-0.25, -0.2) is 0 Å². The minimum atomic E-state index is 0.171. The summed E-state index contributed by atoms with van der Waals surface area (Å²) in [6, 6.07) is 32.7. The molecule has 4 aromatic carbocycles. The predicted octanol–water partition coefficient (Wildman–Crippen LogP) is 7.91. The number of fused-ring (bicyclic) bond motifs is 1. The quantitative estimate of drug-likeness (QED) is 0.342. The second kappa shape index (κ2) is 7.63. The Morgan fingerprint density at radius 1 is 0.548 bits per heavy atom. The van der Waals surface area contributed by atoms with Crippen LogP contribution in [0.25, 0.3) is 11.1 Å². The Balaban J connectivity index is 1.71. The number of para-hydroxylation sites is 3. The van der Waals surface area contributed by atoms with Gasteiger partial charge in [0, 0.05) is 11.4 Å². The van der Waals surface area contributed by atoms with Crippen molar-refractivity contribution in [1.29, 1.82) is 0 Å². The molecule has 0 fully saturated rings. The summed E-state index contributed by atoms with van der Waals surface area (Å²) in [4.78, 5) is 4.95. The number of hydrogen-bond donors (Lipinski definition) is 0. The minimum Gasteiger partial charge on any atom is -0.319 e. The molecular weight excluding hydrogens is 376 g/mol. The van der Waals surface area contributed by atoms with E-state index in [0.717, 1.165) is 0 Å². The molecule has 4 aromatic rings. The Morgan fingerprint density at radius 2 is 1.16 bits per heavy atom. The third kappa shape index (κ3) is 3.11. The molecule has 0 N–H and O–H groups in total. The summed E-state index contributed by atoms with van der Waals surface area (Å²) in [6.07, 6.45) is 0.171. The zero-order valence-corrected chi connectivity index (χ0v) is 18.6. The van der Waals surface area contributed by atoms with E-state index in [1.165, 1.54) is 50.6 Å². The van der Waals surface area contributed by atoms with Gasteiger partial charge in [0.25, 0.3) is 0 Å². The van der Waals surface area contributed by atoms with E-state index in [1.807, 2.05) is 0 Å². The topological polar surface area (TPSA) is 6.48 Å². The molecule has 0 aromatic heterocycles. The number of benzene rings is 4. The molecule has 0 bridgehead atoms. The number of anilines is 4. The second-order valence-electron chi connectivity index (χ2n) is 8.41. The van der Waals surface area contributed by atoms with E-state index in [1.54, 1.807) is 0 Å². The van der Waals surface area contributed by atoms with E-state index in [4.69, 9.17) is 0 Å². The summed E-state index contributed by atoms with van der Waals surface area (Å²) in [5, 5.41) is 0. The van der Waals surface area contributed by atoms with Crippen molar-refractivity contribution in [2.24, 2.45) is 0 Å². The lowest BCUT2D eigenvalue weighted by atomic mass is 9.93. The van der Waals surface area contributed by atoms with Crippen molar-refractivity contribution in [3.05, 3.63) is 108 Å². The van der Waals surface area contributed by atoms with Gasteiger partial charge in [0.1, 0.15) is 6.17 Å². The summed E-state index contributed by atoms with van der Waals surface area (Å²) < 4.78 is 0. The molecule has 1 heterocycles. The largest absolute Gasteiger partial charge is 0.319 e. The highest BCUT2D eigenvalue weighted by molar-refractivity contribution is 5.91. The highest BCUT2D eigenvalue weighted by Crippen LogP contribution is 2.50. The molecule has 1 aliphatic rings. The minimum absolute atomic E-state index is 0.171. The van der Waals surface area contributed by atoms with Gasteiger partial charge < -0.3 is 9.80 Å². The van der Waals surface area contributed by atoms with Crippen LogP contribution in [0, 0.1) is 20.8 Å². The molecular formula is C29H28N2. The molecule has 0 saturated heterocycles. The van der Waals surface area contributed by atoms with E-state index in [0.29, 0.717) is 0 Å². The maximum absolute atomic E-state index is 2.51. The predicted molar refractivity (Wildman–Crippen MR) is 133 cm³/mol. The van der Waals surface area contributed by atoms with E-state index in [2.05, 4.69) is 128 Å². The van der Waals surface area contributed by atoms with Crippen LogP contribution in [0.3, 0.4) is 0 Å². The highest BCUT2D eigenvalue weighted by Gasteiger charge is 2.36. The van der Waals surface area contributed by atoms with Gasteiger partial charge in [-0.15, -0.1) is 0 Å². The first-order valence-corrected chi connectivity index (χ1v) is 11.0. The Hall–Kier alpha value is -3.52. The van der Waals surface area contributed by atoms with Crippen molar-refractivity contribution in [3.63, 3.8) is 0 Å². The van der Waals surface area contributed by atoms with Crippen LogP contribution in [0.5, 0.6) is 0 Å². The van der Waals surface area contributed by atoms with Crippen LogP contribution in [0.1, 0.15) is 23.6 Å². The van der Waals surface area contributed by atoms with Crippen molar-refractivity contribution in [2.75, 3.05) is 9.80 Å². The lowest BCUT2D eigenvalue weighted by Crippen LogP contribution is -2.36. The first-order valence-electron chi connectivity index (χ1n) is 11.0. The zero-order chi connectivity index (χ0) is 21.5. The van der Waals surface area contributed by atoms with Crippen LogP contribution in [0.2, 0.25) is 0 Å². The summed E-state index contributed by atoms with van der Waals surface area (Å²) in [7, 11) is 0. The molecule has 2 heteroatoms. The molecule has 2 nitrogen and oxygen atoms in total. The van der Waals surface area contributed by atoms with Crippen molar-refractivity contribution < 1.29 is 0 Å². The van der Waals surface area contributed by atoms with E-state index < -0.39 is 0 Å². The van der Waals surface area contributed by atoms with Crippen LogP contribution in [-0.4, -0.2) is 6.17 Å². The van der Waals surface area contributed by atoms with Crippen LogP contribution >= 0.6 is 0 Å². The summed E-state index contributed by atoms with van der Waals surface area (Å²) >= 11 is 0. The van der Waals surface area contributed by atoms with Gasteiger partial charge in [0.05, 0.1) is 11.4 Å². The number of rotatable bonds is 3. The standard InChI is InChI=1S/C29H28N2/c1-20-12-8-9-15-25(20)26-19-18-21(2)29(22(26)3)31-23(4)30(24-13-6-5-7-14-24)27-16-10-11-17-28(27)31/h5-19,23H,1-4H3.